The van der Waals surface area contributed by atoms with Gasteiger partial charge in [-0.15, -0.1) is 0 Å². The number of hydrogen-bond acceptors (Lipinski definition) is 3. The maximum atomic E-state index is 5.89. The highest BCUT2D eigenvalue weighted by Crippen LogP contribution is 2.22. The molecule has 2 rings (SSSR count). The van der Waals surface area contributed by atoms with Crippen LogP contribution in [-0.2, 0) is 0 Å². The number of anilines is 1. The largest absolute Gasteiger partial charge is 0.363 e. The fourth-order valence-corrected chi connectivity index (χ4v) is 1.98. The summed E-state index contributed by atoms with van der Waals surface area (Å²) in [6.45, 7) is 6.02. The first kappa shape index (κ1) is 12.8. The van der Waals surface area contributed by atoms with E-state index in [2.05, 4.69) is 34.3 Å². The maximum Gasteiger partial charge on any atom is 0.224 e. The molecule has 1 aromatic carbocycles. The third kappa shape index (κ3) is 2.79. The highest BCUT2D eigenvalue weighted by Gasteiger charge is 2.10. The van der Waals surface area contributed by atoms with Crippen molar-refractivity contribution in [2.45, 2.75) is 26.8 Å². The summed E-state index contributed by atoms with van der Waals surface area (Å²) in [6.07, 6.45) is 0. The van der Waals surface area contributed by atoms with Crippen molar-refractivity contribution in [3.8, 4) is 0 Å². The molecule has 1 unspecified atom stereocenters. The molecule has 0 aliphatic heterocycles. The van der Waals surface area contributed by atoms with Crippen LogP contribution in [0.3, 0.4) is 0 Å². The van der Waals surface area contributed by atoms with Crippen molar-refractivity contribution in [1.29, 1.82) is 0 Å². The van der Waals surface area contributed by atoms with Gasteiger partial charge in [-0.25, -0.2) is 9.97 Å². The molecule has 1 aromatic heterocycles. The van der Waals surface area contributed by atoms with E-state index in [1.54, 1.807) is 0 Å². The molecular weight excluding hydrogens is 246 g/mol. The Hall–Kier alpha value is -1.61. The van der Waals surface area contributed by atoms with Crippen molar-refractivity contribution < 1.29 is 0 Å². The summed E-state index contributed by atoms with van der Waals surface area (Å²) >= 11 is 5.89. The second-order valence-electron chi connectivity index (χ2n) is 4.33. The lowest BCUT2D eigenvalue weighted by molar-refractivity contribution is 0.865. The Balaban J connectivity index is 2.24. The summed E-state index contributed by atoms with van der Waals surface area (Å²) in [5.74, 6) is 0.795. The molecule has 0 aliphatic carbocycles. The van der Waals surface area contributed by atoms with Crippen LogP contribution in [-0.4, -0.2) is 9.97 Å². The van der Waals surface area contributed by atoms with E-state index in [9.17, 15) is 0 Å². The highest BCUT2D eigenvalue weighted by atomic mass is 35.5. The quantitative estimate of drug-likeness (QED) is 0.851. The van der Waals surface area contributed by atoms with Crippen molar-refractivity contribution in [3.63, 3.8) is 0 Å². The van der Waals surface area contributed by atoms with Crippen molar-refractivity contribution in [1.82, 2.24) is 9.97 Å². The van der Waals surface area contributed by atoms with Gasteiger partial charge in [0.25, 0.3) is 0 Å². The first-order valence-electron chi connectivity index (χ1n) is 5.90. The third-order valence-corrected chi connectivity index (χ3v) is 3.18. The van der Waals surface area contributed by atoms with Gasteiger partial charge in [-0.3, -0.25) is 0 Å². The van der Waals surface area contributed by atoms with Gasteiger partial charge < -0.3 is 5.32 Å². The molecule has 1 N–H and O–H groups in total. The van der Waals surface area contributed by atoms with E-state index < -0.39 is 0 Å². The van der Waals surface area contributed by atoms with Gasteiger partial charge in [-0.05, 0) is 37.9 Å². The summed E-state index contributed by atoms with van der Waals surface area (Å²) in [5.41, 5.74) is 3.14. The zero-order chi connectivity index (χ0) is 13.1. The number of rotatable bonds is 3. The average Bonchev–Trinajstić information content (AvgIpc) is 2.36. The molecule has 94 valence electrons. The molecule has 18 heavy (non-hydrogen) atoms. The minimum Gasteiger partial charge on any atom is -0.363 e. The van der Waals surface area contributed by atoms with Crippen LogP contribution < -0.4 is 5.32 Å². The van der Waals surface area contributed by atoms with Crippen molar-refractivity contribution in [2.24, 2.45) is 0 Å². The van der Waals surface area contributed by atoms with E-state index in [1.807, 2.05) is 32.0 Å². The molecule has 2 aromatic rings. The average molecular weight is 262 g/mol. The monoisotopic (exact) mass is 261 g/mol. The Kier molecular flexibility index (Phi) is 3.82. The van der Waals surface area contributed by atoms with E-state index in [1.165, 1.54) is 5.56 Å². The Morgan fingerprint density at radius 3 is 2.44 bits per heavy atom. The van der Waals surface area contributed by atoms with Gasteiger partial charge in [-0.1, -0.05) is 30.3 Å². The Morgan fingerprint density at radius 2 is 1.78 bits per heavy atom. The van der Waals surface area contributed by atoms with Gasteiger partial charge in [0.1, 0.15) is 5.82 Å². The Morgan fingerprint density at radius 1 is 1.11 bits per heavy atom. The Labute approximate surface area is 112 Å². The molecule has 0 spiro atoms. The molecule has 0 aliphatic rings. The van der Waals surface area contributed by atoms with Crippen LogP contribution in [0.25, 0.3) is 0 Å². The first-order valence-corrected chi connectivity index (χ1v) is 6.28. The van der Waals surface area contributed by atoms with Gasteiger partial charge in [0.2, 0.25) is 5.28 Å². The summed E-state index contributed by atoms with van der Waals surface area (Å²) in [6, 6.07) is 10.4. The van der Waals surface area contributed by atoms with Gasteiger partial charge in [0.15, 0.2) is 0 Å². The molecule has 0 saturated carbocycles. The summed E-state index contributed by atoms with van der Waals surface area (Å²) in [4.78, 5) is 8.37. The molecule has 4 heteroatoms. The number of nitrogens with one attached hydrogen (secondary N) is 1. The van der Waals surface area contributed by atoms with Crippen LogP contribution in [0.4, 0.5) is 5.82 Å². The van der Waals surface area contributed by atoms with E-state index in [0.29, 0.717) is 0 Å². The second-order valence-corrected chi connectivity index (χ2v) is 4.67. The smallest absolute Gasteiger partial charge is 0.224 e. The zero-order valence-electron chi connectivity index (χ0n) is 10.7. The fourth-order valence-electron chi connectivity index (χ4n) is 1.77. The van der Waals surface area contributed by atoms with Gasteiger partial charge in [0.05, 0.1) is 0 Å². The predicted molar refractivity (Wildman–Crippen MR) is 75.0 cm³/mol. The molecule has 0 bridgehead atoms. The topological polar surface area (TPSA) is 37.8 Å². The van der Waals surface area contributed by atoms with E-state index >= 15 is 0 Å². The van der Waals surface area contributed by atoms with Crippen LogP contribution >= 0.6 is 11.6 Å². The van der Waals surface area contributed by atoms with Crippen LogP contribution in [0.15, 0.2) is 30.3 Å². The molecule has 1 heterocycles. The lowest BCUT2D eigenvalue weighted by Crippen LogP contribution is -2.10. The van der Waals surface area contributed by atoms with Crippen LogP contribution in [0.5, 0.6) is 0 Å². The molecule has 0 amide bonds. The third-order valence-electron chi connectivity index (χ3n) is 3.01. The first-order chi connectivity index (χ1) is 8.58. The van der Waals surface area contributed by atoms with Crippen LogP contribution in [0.2, 0.25) is 5.28 Å². The van der Waals surface area contributed by atoms with E-state index in [4.69, 9.17) is 11.6 Å². The van der Waals surface area contributed by atoms with Gasteiger partial charge >= 0.3 is 0 Å². The number of hydrogen-bond donors (Lipinski definition) is 1. The molecule has 3 nitrogen and oxygen atoms in total. The van der Waals surface area contributed by atoms with Crippen molar-refractivity contribution in [2.75, 3.05) is 5.32 Å². The minimum atomic E-state index is 0.176. The van der Waals surface area contributed by atoms with Gasteiger partial charge in [-0.2, -0.15) is 0 Å². The normalized spacial score (nSPS) is 12.2. The van der Waals surface area contributed by atoms with Crippen molar-refractivity contribution in [3.05, 3.63) is 52.4 Å². The fraction of sp³-hybridized carbons (Fsp3) is 0.286. The number of halogens is 1. The predicted octanol–water partition coefficient (Wildman–Crippen LogP) is 3.92. The number of aryl methyl sites for hydroxylation is 1. The molecular formula is C14H16ClN3. The lowest BCUT2D eigenvalue weighted by Gasteiger charge is -2.17. The van der Waals surface area contributed by atoms with Gasteiger partial charge in [0, 0.05) is 17.3 Å². The maximum absolute atomic E-state index is 5.89. The molecule has 1 atom stereocenters. The number of aromatic nitrogens is 2. The standard InChI is InChI=1S/C14H16ClN3/c1-9-10(2)17-14(15)18-13(9)16-11(3)12-7-5-4-6-8-12/h4-8,11H,1-3H3,(H,16,17,18). The number of nitrogens with zero attached hydrogens (tertiary/aromatic N) is 2. The molecule has 0 radical (unpaired) electrons. The summed E-state index contributed by atoms with van der Waals surface area (Å²) in [5, 5.41) is 3.65. The minimum absolute atomic E-state index is 0.176. The summed E-state index contributed by atoms with van der Waals surface area (Å²) < 4.78 is 0. The molecule has 0 fully saturated rings. The second kappa shape index (κ2) is 5.36. The summed E-state index contributed by atoms with van der Waals surface area (Å²) in [7, 11) is 0. The SMILES string of the molecule is Cc1nc(Cl)nc(NC(C)c2ccccc2)c1C. The Bertz CT molecular complexity index is 540. The van der Waals surface area contributed by atoms with E-state index in [-0.39, 0.29) is 11.3 Å². The zero-order valence-corrected chi connectivity index (χ0v) is 11.5. The van der Waals surface area contributed by atoms with Crippen LogP contribution in [0.1, 0.15) is 29.8 Å². The number of benzene rings is 1. The highest BCUT2D eigenvalue weighted by molar-refractivity contribution is 6.28. The molecule has 0 saturated heterocycles. The lowest BCUT2D eigenvalue weighted by atomic mass is 10.1. The van der Waals surface area contributed by atoms with Crippen molar-refractivity contribution >= 4 is 17.4 Å². The van der Waals surface area contributed by atoms with Crippen LogP contribution in [0, 0.1) is 13.8 Å². The van der Waals surface area contributed by atoms with E-state index in [0.717, 1.165) is 17.1 Å².